The molecular formula is C15H16N2O3. The summed E-state index contributed by atoms with van der Waals surface area (Å²) in [5.41, 5.74) is -1.10. The molecule has 0 radical (unpaired) electrons. The van der Waals surface area contributed by atoms with Crippen LogP contribution in [0.2, 0.25) is 0 Å². The van der Waals surface area contributed by atoms with Crippen molar-refractivity contribution in [2.24, 2.45) is 15.8 Å². The van der Waals surface area contributed by atoms with Gasteiger partial charge in [0.15, 0.2) is 5.82 Å². The maximum Gasteiger partial charge on any atom is 0.322 e. The summed E-state index contributed by atoms with van der Waals surface area (Å²) < 4.78 is 11.5. The van der Waals surface area contributed by atoms with Gasteiger partial charge >= 0.3 is 5.97 Å². The fraction of sp³-hybridized carbons (Fsp3) is 0.533. The van der Waals surface area contributed by atoms with Gasteiger partial charge in [0, 0.05) is 6.20 Å². The molecule has 0 N–H and O–H groups in total. The van der Waals surface area contributed by atoms with E-state index in [1.165, 1.54) is 0 Å². The zero-order chi connectivity index (χ0) is 14.0. The van der Waals surface area contributed by atoms with E-state index in [1.807, 2.05) is 26.0 Å². The molecule has 4 atom stereocenters. The summed E-state index contributed by atoms with van der Waals surface area (Å²) in [5, 5.41) is 0. The van der Waals surface area contributed by atoms with Crippen LogP contribution in [0, 0.1) is 10.8 Å². The first kappa shape index (κ1) is 12.0. The van der Waals surface area contributed by atoms with Gasteiger partial charge in [0.05, 0.1) is 17.6 Å². The molecule has 3 fully saturated rings. The van der Waals surface area contributed by atoms with Gasteiger partial charge in [-0.15, -0.1) is 0 Å². The topological polar surface area (TPSA) is 60.8 Å². The van der Waals surface area contributed by atoms with Crippen LogP contribution in [-0.2, 0) is 14.3 Å². The van der Waals surface area contributed by atoms with Gasteiger partial charge in [-0.1, -0.05) is 6.07 Å². The fourth-order valence-electron chi connectivity index (χ4n) is 3.82. The number of nitrogens with zero attached hydrogens (tertiary/aromatic N) is 2. The van der Waals surface area contributed by atoms with Crippen molar-refractivity contribution in [1.29, 1.82) is 0 Å². The van der Waals surface area contributed by atoms with E-state index >= 15 is 0 Å². The summed E-state index contributed by atoms with van der Waals surface area (Å²) >= 11 is 0. The smallest absolute Gasteiger partial charge is 0.322 e. The zero-order valence-electron chi connectivity index (χ0n) is 11.5. The van der Waals surface area contributed by atoms with Gasteiger partial charge in [-0.3, -0.25) is 4.79 Å². The van der Waals surface area contributed by atoms with Crippen molar-refractivity contribution >= 4 is 17.7 Å². The van der Waals surface area contributed by atoms with Crippen molar-refractivity contribution in [2.45, 2.75) is 38.9 Å². The van der Waals surface area contributed by atoms with E-state index in [9.17, 15) is 4.79 Å². The van der Waals surface area contributed by atoms with Crippen LogP contribution in [0.15, 0.2) is 29.4 Å². The number of aliphatic imine (C=N–C) groups is 1. The van der Waals surface area contributed by atoms with Gasteiger partial charge < -0.3 is 9.47 Å². The quantitative estimate of drug-likeness (QED) is 0.736. The molecule has 4 heterocycles. The van der Waals surface area contributed by atoms with Gasteiger partial charge in [0.25, 0.3) is 0 Å². The third-order valence-corrected chi connectivity index (χ3v) is 5.31. The number of carbonyl (C=O) groups excluding carboxylic acids is 1. The van der Waals surface area contributed by atoms with Crippen molar-refractivity contribution in [2.75, 3.05) is 0 Å². The number of cyclic esters (lactones) is 1. The van der Waals surface area contributed by atoms with E-state index < -0.39 is 10.8 Å². The maximum atomic E-state index is 12.4. The van der Waals surface area contributed by atoms with Crippen LogP contribution in [0.25, 0.3) is 0 Å². The second-order valence-electron chi connectivity index (χ2n) is 6.09. The Morgan fingerprint density at radius 3 is 2.70 bits per heavy atom. The molecule has 0 spiro atoms. The van der Waals surface area contributed by atoms with Crippen molar-refractivity contribution in [1.82, 2.24) is 4.98 Å². The normalized spacial score (nSPS) is 43.9. The maximum absolute atomic E-state index is 12.4. The molecule has 20 heavy (non-hydrogen) atoms. The van der Waals surface area contributed by atoms with Crippen molar-refractivity contribution in [3.05, 3.63) is 24.4 Å². The molecule has 3 aliphatic rings. The molecule has 0 saturated carbocycles. The van der Waals surface area contributed by atoms with Gasteiger partial charge in [0.2, 0.25) is 5.90 Å². The molecule has 5 nitrogen and oxygen atoms in total. The second-order valence-corrected chi connectivity index (χ2v) is 6.09. The summed E-state index contributed by atoms with van der Waals surface area (Å²) in [7, 11) is 0. The molecule has 2 bridgehead atoms. The Kier molecular flexibility index (Phi) is 2.20. The molecule has 104 valence electrons. The van der Waals surface area contributed by atoms with Crippen molar-refractivity contribution in [3.8, 4) is 0 Å². The number of hydrogen-bond donors (Lipinski definition) is 0. The lowest BCUT2D eigenvalue weighted by molar-refractivity contribution is -0.146. The lowest BCUT2D eigenvalue weighted by Crippen LogP contribution is -2.48. The molecule has 1 aromatic rings. The van der Waals surface area contributed by atoms with Crippen LogP contribution in [0.5, 0.6) is 0 Å². The Morgan fingerprint density at radius 1 is 1.25 bits per heavy atom. The Hall–Kier alpha value is -1.75. The largest absolute Gasteiger partial charge is 0.410 e. The number of esters is 1. The highest BCUT2D eigenvalue weighted by Gasteiger charge is 2.75. The molecule has 0 unspecified atom stereocenters. The standard InChI is InChI=1S/C15H16N2O3/c1-14-9-6-7-10(19-9)15(14,2)13(18)20-12(14)17-11-5-3-4-8-16-11/h3-5,8-10H,6-7H2,1-2H3/b17-12-/t9-,10+,14+,15-/m0/s1. The monoisotopic (exact) mass is 272 g/mol. The molecule has 3 aliphatic heterocycles. The average Bonchev–Trinajstić information content (AvgIpc) is 3.07. The fourth-order valence-corrected chi connectivity index (χ4v) is 3.82. The van der Waals surface area contributed by atoms with Gasteiger partial charge in [-0.25, -0.2) is 4.98 Å². The molecule has 0 aromatic carbocycles. The minimum Gasteiger partial charge on any atom is -0.410 e. The number of fused-ring (bicyclic) bond motifs is 5. The minimum absolute atomic E-state index is 0.00594. The number of pyridine rings is 1. The Bertz CT molecular complexity index is 615. The summed E-state index contributed by atoms with van der Waals surface area (Å²) in [6.45, 7) is 3.98. The summed E-state index contributed by atoms with van der Waals surface area (Å²) in [4.78, 5) is 21.0. The third kappa shape index (κ3) is 1.19. The highest BCUT2D eigenvalue weighted by Crippen LogP contribution is 2.64. The Labute approximate surface area is 117 Å². The van der Waals surface area contributed by atoms with Crippen LogP contribution in [0.3, 0.4) is 0 Å². The van der Waals surface area contributed by atoms with Crippen LogP contribution in [-0.4, -0.2) is 29.1 Å². The van der Waals surface area contributed by atoms with Crippen LogP contribution in [0.4, 0.5) is 5.82 Å². The van der Waals surface area contributed by atoms with Crippen LogP contribution in [0.1, 0.15) is 26.7 Å². The molecule has 4 rings (SSSR count). The van der Waals surface area contributed by atoms with Crippen molar-refractivity contribution < 1.29 is 14.3 Å². The van der Waals surface area contributed by atoms with E-state index in [4.69, 9.17) is 9.47 Å². The first-order valence-corrected chi connectivity index (χ1v) is 6.95. The molecule has 5 heteroatoms. The second kappa shape index (κ2) is 3.67. The molecule has 3 saturated heterocycles. The van der Waals surface area contributed by atoms with Crippen LogP contribution >= 0.6 is 0 Å². The van der Waals surface area contributed by atoms with Gasteiger partial charge in [-0.05, 0) is 38.8 Å². The predicted octanol–water partition coefficient (Wildman–Crippen LogP) is 2.24. The lowest BCUT2D eigenvalue weighted by atomic mass is 9.59. The van der Waals surface area contributed by atoms with Crippen molar-refractivity contribution in [3.63, 3.8) is 0 Å². The van der Waals surface area contributed by atoms with Crippen LogP contribution < -0.4 is 0 Å². The number of carbonyl (C=O) groups is 1. The van der Waals surface area contributed by atoms with Gasteiger partial charge in [0.1, 0.15) is 5.41 Å². The zero-order valence-corrected chi connectivity index (χ0v) is 11.5. The predicted molar refractivity (Wildman–Crippen MR) is 71.5 cm³/mol. The van der Waals surface area contributed by atoms with Gasteiger partial charge in [-0.2, -0.15) is 4.99 Å². The van der Waals surface area contributed by atoms with E-state index in [0.717, 1.165) is 12.8 Å². The third-order valence-electron chi connectivity index (χ3n) is 5.31. The number of aromatic nitrogens is 1. The van der Waals surface area contributed by atoms with E-state index in [2.05, 4.69) is 9.98 Å². The van der Waals surface area contributed by atoms with E-state index in [1.54, 1.807) is 12.3 Å². The number of rotatable bonds is 1. The van der Waals surface area contributed by atoms with E-state index in [0.29, 0.717) is 11.7 Å². The number of ether oxygens (including phenoxy) is 2. The van der Waals surface area contributed by atoms with E-state index in [-0.39, 0.29) is 18.2 Å². The highest BCUT2D eigenvalue weighted by molar-refractivity contribution is 6.06. The molecule has 0 amide bonds. The molecule has 0 aliphatic carbocycles. The first-order chi connectivity index (χ1) is 9.56. The summed E-state index contributed by atoms with van der Waals surface area (Å²) in [6, 6.07) is 5.49. The summed E-state index contributed by atoms with van der Waals surface area (Å²) in [6.07, 6.45) is 3.50. The Balaban J connectivity index is 1.84. The number of hydrogen-bond acceptors (Lipinski definition) is 5. The molecule has 1 aromatic heterocycles. The average molecular weight is 272 g/mol. The molecular weight excluding hydrogens is 256 g/mol. The first-order valence-electron chi connectivity index (χ1n) is 6.95. The SMILES string of the molecule is C[C@@]12/C(=N/c3ccccn3)OC(=O)[C@]1(C)[C@H]1CC[C@@H]2O1. The Morgan fingerprint density at radius 2 is 2.00 bits per heavy atom. The highest BCUT2D eigenvalue weighted by atomic mass is 16.6. The minimum atomic E-state index is -0.621. The lowest BCUT2D eigenvalue weighted by Gasteiger charge is -2.36. The summed E-state index contributed by atoms with van der Waals surface area (Å²) in [5.74, 6) is 0.793.